The fraction of sp³-hybridized carbons (Fsp3) is 0.400. The topological polar surface area (TPSA) is 118 Å². The molecule has 6 N–H and O–H groups in total. The van der Waals surface area contributed by atoms with Crippen LogP contribution in [0.4, 0.5) is 11.4 Å². The molecule has 0 radical (unpaired) electrons. The molecule has 0 amide bonds. The summed E-state index contributed by atoms with van der Waals surface area (Å²) in [7, 11) is -3.77. The minimum atomic E-state index is -3.77. The van der Waals surface area contributed by atoms with Crippen LogP contribution in [0, 0.1) is 0 Å². The van der Waals surface area contributed by atoms with Crippen LogP contribution < -0.4 is 16.2 Å². The second kappa shape index (κ2) is 5.35. The first-order valence-electron chi connectivity index (χ1n) is 5.13. The summed E-state index contributed by atoms with van der Waals surface area (Å²) in [5.41, 5.74) is 6.48. The zero-order valence-electron chi connectivity index (χ0n) is 9.55. The molecule has 96 valence electrons. The van der Waals surface area contributed by atoms with Crippen molar-refractivity contribution in [3.8, 4) is 0 Å². The summed E-state index contributed by atoms with van der Waals surface area (Å²) < 4.78 is 22.4. The predicted molar refractivity (Wildman–Crippen MR) is 67.0 cm³/mol. The van der Waals surface area contributed by atoms with Gasteiger partial charge in [-0.2, -0.15) is 0 Å². The highest BCUT2D eigenvalue weighted by Crippen LogP contribution is 2.20. The van der Waals surface area contributed by atoms with Crippen LogP contribution in [0.3, 0.4) is 0 Å². The smallest absolute Gasteiger partial charge is 0.238 e. The average Bonchev–Trinajstić information content (AvgIpc) is 2.15. The molecule has 7 heteroatoms. The molecule has 0 saturated heterocycles. The molecule has 0 bridgehead atoms. The molecular formula is C10H17N3O3S. The van der Waals surface area contributed by atoms with E-state index in [4.69, 9.17) is 16.0 Å². The standard InChI is InChI=1S/C10H17N3O3S/c1-7(2-3-14)13-9-4-8(11)5-10(6-9)17(12,15)16/h4-7,13-14H,2-3,11H2,1H3,(H2,12,15,16). The van der Waals surface area contributed by atoms with E-state index < -0.39 is 10.0 Å². The number of primary sulfonamides is 1. The monoisotopic (exact) mass is 259 g/mol. The van der Waals surface area contributed by atoms with Gasteiger partial charge >= 0.3 is 0 Å². The summed E-state index contributed by atoms with van der Waals surface area (Å²) in [6, 6.07) is 4.34. The number of aliphatic hydroxyl groups excluding tert-OH is 1. The lowest BCUT2D eigenvalue weighted by Gasteiger charge is -2.15. The summed E-state index contributed by atoms with van der Waals surface area (Å²) in [6.45, 7) is 1.93. The number of nitrogens with two attached hydrogens (primary N) is 2. The molecule has 0 spiro atoms. The first kappa shape index (κ1) is 13.8. The predicted octanol–water partition coefficient (Wildman–Crippen LogP) is 0.0990. The van der Waals surface area contributed by atoms with E-state index in [9.17, 15) is 8.42 Å². The fourth-order valence-corrected chi connectivity index (χ4v) is 2.01. The molecule has 0 saturated carbocycles. The molecular weight excluding hydrogens is 242 g/mol. The molecule has 0 aliphatic rings. The van der Waals surface area contributed by atoms with Crippen molar-refractivity contribution in [1.29, 1.82) is 0 Å². The van der Waals surface area contributed by atoms with E-state index in [-0.39, 0.29) is 17.5 Å². The van der Waals surface area contributed by atoms with Gasteiger partial charge in [0.1, 0.15) is 0 Å². The molecule has 1 aromatic rings. The highest BCUT2D eigenvalue weighted by atomic mass is 32.2. The molecule has 6 nitrogen and oxygen atoms in total. The van der Waals surface area contributed by atoms with Crippen LogP contribution in [0.15, 0.2) is 23.1 Å². The van der Waals surface area contributed by atoms with Gasteiger partial charge in [0.15, 0.2) is 0 Å². The lowest BCUT2D eigenvalue weighted by Crippen LogP contribution is -2.18. The van der Waals surface area contributed by atoms with Gasteiger partial charge in [0.05, 0.1) is 4.90 Å². The minimum Gasteiger partial charge on any atom is -0.399 e. The van der Waals surface area contributed by atoms with Crippen molar-refractivity contribution in [3.63, 3.8) is 0 Å². The first-order valence-corrected chi connectivity index (χ1v) is 6.68. The number of sulfonamides is 1. The molecule has 0 aliphatic heterocycles. The minimum absolute atomic E-state index is 0.00938. The zero-order valence-corrected chi connectivity index (χ0v) is 10.4. The van der Waals surface area contributed by atoms with Gasteiger partial charge in [-0.1, -0.05) is 0 Å². The maximum atomic E-state index is 11.2. The van der Waals surface area contributed by atoms with Crippen LogP contribution in [0.2, 0.25) is 0 Å². The molecule has 0 aromatic heterocycles. The van der Waals surface area contributed by atoms with E-state index in [1.807, 2.05) is 6.92 Å². The Kier molecular flexibility index (Phi) is 4.33. The van der Waals surface area contributed by atoms with E-state index in [2.05, 4.69) is 5.32 Å². The Morgan fingerprint density at radius 2 is 2.06 bits per heavy atom. The number of nitrogen functional groups attached to an aromatic ring is 1. The lowest BCUT2D eigenvalue weighted by atomic mass is 10.2. The highest BCUT2D eigenvalue weighted by Gasteiger charge is 2.11. The van der Waals surface area contributed by atoms with Crippen molar-refractivity contribution in [2.45, 2.75) is 24.3 Å². The molecule has 17 heavy (non-hydrogen) atoms. The van der Waals surface area contributed by atoms with Crippen molar-refractivity contribution in [2.75, 3.05) is 17.7 Å². The Morgan fingerprint density at radius 1 is 1.41 bits per heavy atom. The van der Waals surface area contributed by atoms with Crippen molar-refractivity contribution in [1.82, 2.24) is 0 Å². The van der Waals surface area contributed by atoms with Crippen LogP contribution in [0.5, 0.6) is 0 Å². The van der Waals surface area contributed by atoms with Crippen LogP contribution in [0.1, 0.15) is 13.3 Å². The molecule has 0 heterocycles. The van der Waals surface area contributed by atoms with E-state index in [1.165, 1.54) is 12.1 Å². The van der Waals surface area contributed by atoms with Gasteiger partial charge in [0.25, 0.3) is 0 Å². The lowest BCUT2D eigenvalue weighted by molar-refractivity contribution is 0.282. The molecule has 1 atom stereocenters. The summed E-state index contributed by atoms with van der Waals surface area (Å²) in [6.07, 6.45) is 0.555. The van der Waals surface area contributed by atoms with Crippen molar-refractivity contribution >= 4 is 21.4 Å². The van der Waals surface area contributed by atoms with Gasteiger partial charge in [-0.05, 0) is 31.5 Å². The van der Waals surface area contributed by atoms with Crippen LogP contribution >= 0.6 is 0 Å². The molecule has 0 aliphatic carbocycles. The Morgan fingerprint density at radius 3 is 2.59 bits per heavy atom. The third-order valence-electron chi connectivity index (χ3n) is 2.23. The maximum absolute atomic E-state index is 11.2. The molecule has 0 fully saturated rings. The normalized spacial score (nSPS) is 13.4. The number of aliphatic hydroxyl groups is 1. The molecule has 1 rings (SSSR count). The SMILES string of the molecule is CC(CCO)Nc1cc(N)cc(S(N)(=O)=O)c1. The Hall–Kier alpha value is -1.31. The van der Waals surface area contributed by atoms with Gasteiger partial charge in [-0.15, -0.1) is 0 Å². The van der Waals surface area contributed by atoms with Crippen LogP contribution in [-0.4, -0.2) is 26.2 Å². The van der Waals surface area contributed by atoms with Crippen molar-refractivity contribution in [3.05, 3.63) is 18.2 Å². The number of hydrogen-bond donors (Lipinski definition) is 4. The van der Waals surface area contributed by atoms with Gasteiger partial charge < -0.3 is 16.2 Å². The third-order valence-corrected chi connectivity index (χ3v) is 3.13. The number of hydrogen-bond acceptors (Lipinski definition) is 5. The second-order valence-corrected chi connectivity index (χ2v) is 5.45. The van der Waals surface area contributed by atoms with Gasteiger partial charge in [0, 0.05) is 24.0 Å². The Balaban J connectivity index is 2.98. The quantitative estimate of drug-likeness (QED) is 0.559. The van der Waals surface area contributed by atoms with Gasteiger partial charge in [-0.25, -0.2) is 13.6 Å². The number of benzene rings is 1. The van der Waals surface area contributed by atoms with E-state index >= 15 is 0 Å². The third kappa shape index (κ3) is 4.22. The van der Waals surface area contributed by atoms with Crippen LogP contribution in [0.25, 0.3) is 0 Å². The number of rotatable bonds is 5. The average molecular weight is 259 g/mol. The summed E-state index contributed by atoms with van der Waals surface area (Å²) in [5.74, 6) is 0. The van der Waals surface area contributed by atoms with Crippen LogP contribution in [-0.2, 0) is 10.0 Å². The summed E-state index contributed by atoms with van der Waals surface area (Å²) in [5, 5.41) is 16.8. The fourth-order valence-electron chi connectivity index (χ4n) is 1.42. The van der Waals surface area contributed by atoms with Gasteiger partial charge in [0.2, 0.25) is 10.0 Å². The number of anilines is 2. The summed E-state index contributed by atoms with van der Waals surface area (Å²) >= 11 is 0. The van der Waals surface area contributed by atoms with Crippen molar-refractivity contribution < 1.29 is 13.5 Å². The largest absolute Gasteiger partial charge is 0.399 e. The maximum Gasteiger partial charge on any atom is 0.238 e. The van der Waals surface area contributed by atoms with Crippen molar-refractivity contribution in [2.24, 2.45) is 5.14 Å². The first-order chi connectivity index (χ1) is 7.82. The Labute approximate surface area is 101 Å². The second-order valence-electron chi connectivity index (χ2n) is 3.89. The highest BCUT2D eigenvalue weighted by molar-refractivity contribution is 7.89. The van der Waals surface area contributed by atoms with E-state index in [0.29, 0.717) is 17.8 Å². The zero-order chi connectivity index (χ0) is 13.1. The van der Waals surface area contributed by atoms with E-state index in [1.54, 1.807) is 6.07 Å². The summed E-state index contributed by atoms with van der Waals surface area (Å²) in [4.78, 5) is -0.0313. The molecule has 1 unspecified atom stereocenters. The Bertz CT molecular complexity index is 488. The number of nitrogens with one attached hydrogen (secondary N) is 1. The van der Waals surface area contributed by atoms with E-state index in [0.717, 1.165) is 0 Å². The molecule has 1 aromatic carbocycles. The van der Waals surface area contributed by atoms with Gasteiger partial charge in [-0.3, -0.25) is 0 Å².